The van der Waals surface area contributed by atoms with E-state index in [4.69, 9.17) is 4.42 Å². The van der Waals surface area contributed by atoms with Crippen LogP contribution in [0.15, 0.2) is 22.8 Å². The Balaban J connectivity index is 2.13. The third-order valence-electron chi connectivity index (χ3n) is 2.26. The van der Waals surface area contributed by atoms with Crippen LogP contribution in [0.25, 0.3) is 0 Å². The normalized spacial score (nSPS) is 11.7. The van der Waals surface area contributed by atoms with Crippen LogP contribution in [-0.2, 0) is 9.53 Å². The molecular formula is C12H18N2O5. The molecule has 0 radical (unpaired) electrons. The van der Waals surface area contributed by atoms with Gasteiger partial charge in [0.2, 0.25) is 5.91 Å². The first kappa shape index (κ1) is 15.0. The van der Waals surface area contributed by atoms with Crippen LogP contribution in [0.5, 0.6) is 0 Å². The van der Waals surface area contributed by atoms with Crippen LogP contribution >= 0.6 is 0 Å². The van der Waals surface area contributed by atoms with Crippen molar-refractivity contribution in [2.75, 3.05) is 19.7 Å². The average Bonchev–Trinajstić information content (AvgIpc) is 2.90. The van der Waals surface area contributed by atoms with E-state index in [1.807, 2.05) is 0 Å². The minimum atomic E-state index is -0.878. The van der Waals surface area contributed by atoms with E-state index in [0.717, 1.165) is 0 Å². The Morgan fingerprint density at radius 1 is 1.47 bits per heavy atom. The molecule has 1 aromatic rings. The monoisotopic (exact) mass is 270 g/mol. The van der Waals surface area contributed by atoms with Crippen molar-refractivity contribution < 1.29 is 23.8 Å². The molecule has 7 nitrogen and oxygen atoms in total. The molecule has 0 bridgehead atoms. The van der Waals surface area contributed by atoms with Crippen molar-refractivity contribution in [3.8, 4) is 0 Å². The maximum Gasteiger partial charge on any atom is 0.407 e. The highest BCUT2D eigenvalue weighted by atomic mass is 16.5. The molecule has 0 saturated carbocycles. The van der Waals surface area contributed by atoms with Crippen LogP contribution in [0.3, 0.4) is 0 Å². The van der Waals surface area contributed by atoms with Crippen molar-refractivity contribution in [1.82, 2.24) is 10.6 Å². The second kappa shape index (κ2) is 8.15. The van der Waals surface area contributed by atoms with Gasteiger partial charge in [-0.15, -0.1) is 0 Å². The lowest BCUT2D eigenvalue weighted by Gasteiger charge is -2.10. The van der Waals surface area contributed by atoms with Gasteiger partial charge in [0.1, 0.15) is 11.9 Å². The quantitative estimate of drug-likeness (QED) is 0.672. The summed E-state index contributed by atoms with van der Waals surface area (Å²) in [5, 5.41) is 14.6. The highest BCUT2D eigenvalue weighted by molar-refractivity contribution is 5.77. The molecule has 1 unspecified atom stereocenters. The molecule has 1 aromatic heterocycles. The molecule has 3 N–H and O–H groups in total. The molecule has 0 saturated heterocycles. The Hall–Kier alpha value is -2.02. The summed E-state index contributed by atoms with van der Waals surface area (Å²) in [5.74, 6) is 0.118. The zero-order valence-electron chi connectivity index (χ0n) is 10.7. The summed E-state index contributed by atoms with van der Waals surface area (Å²) >= 11 is 0. The Kier molecular flexibility index (Phi) is 6.45. The summed E-state index contributed by atoms with van der Waals surface area (Å²) in [6.07, 6.45) is 0.135. The van der Waals surface area contributed by atoms with Gasteiger partial charge >= 0.3 is 6.09 Å². The van der Waals surface area contributed by atoms with Gasteiger partial charge in [-0.25, -0.2) is 4.79 Å². The second-order valence-corrected chi connectivity index (χ2v) is 3.73. The minimum absolute atomic E-state index is 0.0613. The van der Waals surface area contributed by atoms with Crippen molar-refractivity contribution >= 4 is 12.0 Å². The summed E-state index contributed by atoms with van der Waals surface area (Å²) in [6.45, 7) is 2.23. The van der Waals surface area contributed by atoms with Gasteiger partial charge in [0.25, 0.3) is 0 Å². The Morgan fingerprint density at radius 3 is 2.89 bits per heavy atom. The number of aliphatic hydroxyl groups is 1. The Labute approximate surface area is 110 Å². The molecule has 2 amide bonds. The summed E-state index contributed by atoms with van der Waals surface area (Å²) in [5.41, 5.74) is 0. The van der Waals surface area contributed by atoms with Crippen molar-refractivity contribution in [3.63, 3.8) is 0 Å². The number of carbonyl (C=O) groups excluding carboxylic acids is 2. The van der Waals surface area contributed by atoms with E-state index in [2.05, 4.69) is 15.4 Å². The fourth-order valence-electron chi connectivity index (χ4n) is 1.34. The standard InChI is InChI=1S/C12H18N2O5/c1-2-18-12(17)13-6-5-11(16)14-8-9(15)10-4-3-7-19-10/h3-4,7,9,15H,2,5-6,8H2,1H3,(H,13,17)(H,14,16). The number of nitrogens with one attached hydrogen (secondary N) is 2. The number of aliphatic hydroxyl groups excluding tert-OH is 1. The van der Waals surface area contributed by atoms with Gasteiger partial charge in [-0.1, -0.05) is 0 Å². The maximum absolute atomic E-state index is 11.4. The van der Waals surface area contributed by atoms with Crippen molar-refractivity contribution in [1.29, 1.82) is 0 Å². The van der Waals surface area contributed by atoms with Crippen molar-refractivity contribution in [2.24, 2.45) is 0 Å². The topological polar surface area (TPSA) is 101 Å². The number of alkyl carbamates (subject to hydrolysis) is 1. The molecule has 0 aromatic carbocycles. The number of ether oxygens (including phenoxy) is 1. The molecule has 1 heterocycles. The van der Waals surface area contributed by atoms with Gasteiger partial charge < -0.3 is 24.9 Å². The second-order valence-electron chi connectivity index (χ2n) is 3.73. The molecule has 0 spiro atoms. The van der Waals surface area contributed by atoms with E-state index in [1.54, 1.807) is 19.1 Å². The van der Waals surface area contributed by atoms with Gasteiger partial charge in [-0.2, -0.15) is 0 Å². The van der Waals surface area contributed by atoms with E-state index in [0.29, 0.717) is 5.76 Å². The number of rotatable bonds is 7. The first-order chi connectivity index (χ1) is 9.13. The smallest absolute Gasteiger partial charge is 0.407 e. The van der Waals surface area contributed by atoms with Crippen LogP contribution < -0.4 is 10.6 Å². The number of amides is 2. The van der Waals surface area contributed by atoms with Crippen LogP contribution in [0.4, 0.5) is 4.79 Å². The first-order valence-electron chi connectivity index (χ1n) is 6.02. The largest absolute Gasteiger partial charge is 0.467 e. The number of hydrogen-bond acceptors (Lipinski definition) is 5. The van der Waals surface area contributed by atoms with Gasteiger partial charge in [0.15, 0.2) is 0 Å². The lowest BCUT2D eigenvalue weighted by Crippen LogP contribution is -2.33. The lowest BCUT2D eigenvalue weighted by molar-refractivity contribution is -0.121. The van der Waals surface area contributed by atoms with Crippen LogP contribution in [0, 0.1) is 0 Å². The van der Waals surface area contributed by atoms with Crippen molar-refractivity contribution in [3.05, 3.63) is 24.2 Å². The Morgan fingerprint density at radius 2 is 2.26 bits per heavy atom. The predicted octanol–water partition coefficient (Wildman–Crippen LogP) is 0.565. The SMILES string of the molecule is CCOC(=O)NCCC(=O)NCC(O)c1ccco1. The van der Waals surface area contributed by atoms with Gasteiger partial charge in [0.05, 0.1) is 19.4 Å². The minimum Gasteiger partial charge on any atom is -0.467 e. The fourth-order valence-corrected chi connectivity index (χ4v) is 1.34. The number of carbonyl (C=O) groups is 2. The van der Waals surface area contributed by atoms with Crippen molar-refractivity contribution in [2.45, 2.75) is 19.4 Å². The molecule has 0 aliphatic carbocycles. The maximum atomic E-state index is 11.4. The highest BCUT2D eigenvalue weighted by Gasteiger charge is 2.11. The third kappa shape index (κ3) is 5.91. The lowest BCUT2D eigenvalue weighted by atomic mass is 10.2. The summed E-state index contributed by atoms with van der Waals surface area (Å²) in [6, 6.07) is 3.28. The molecular weight excluding hydrogens is 252 g/mol. The van der Waals surface area contributed by atoms with Crippen LogP contribution in [0.2, 0.25) is 0 Å². The van der Waals surface area contributed by atoms with Gasteiger partial charge in [0, 0.05) is 13.0 Å². The fraction of sp³-hybridized carbons (Fsp3) is 0.500. The molecule has 7 heteroatoms. The molecule has 19 heavy (non-hydrogen) atoms. The van der Waals surface area contributed by atoms with Crippen LogP contribution in [0.1, 0.15) is 25.2 Å². The average molecular weight is 270 g/mol. The van der Waals surface area contributed by atoms with Gasteiger partial charge in [-0.05, 0) is 19.1 Å². The summed E-state index contributed by atoms with van der Waals surface area (Å²) in [4.78, 5) is 22.3. The predicted molar refractivity (Wildman–Crippen MR) is 66.3 cm³/mol. The Bertz CT molecular complexity index is 391. The molecule has 106 valence electrons. The third-order valence-corrected chi connectivity index (χ3v) is 2.26. The highest BCUT2D eigenvalue weighted by Crippen LogP contribution is 2.11. The van der Waals surface area contributed by atoms with Gasteiger partial charge in [-0.3, -0.25) is 4.79 Å². The van der Waals surface area contributed by atoms with E-state index in [9.17, 15) is 14.7 Å². The molecule has 0 aliphatic rings. The summed E-state index contributed by atoms with van der Waals surface area (Å²) < 4.78 is 9.63. The first-order valence-corrected chi connectivity index (χ1v) is 6.02. The molecule has 0 aliphatic heterocycles. The zero-order chi connectivity index (χ0) is 14.1. The van der Waals surface area contributed by atoms with Crippen LogP contribution in [-0.4, -0.2) is 36.8 Å². The zero-order valence-corrected chi connectivity index (χ0v) is 10.7. The van der Waals surface area contributed by atoms with E-state index in [-0.39, 0.29) is 32.0 Å². The number of hydrogen-bond donors (Lipinski definition) is 3. The number of furan rings is 1. The van der Waals surface area contributed by atoms with E-state index in [1.165, 1.54) is 6.26 Å². The van der Waals surface area contributed by atoms with E-state index < -0.39 is 12.2 Å². The molecule has 0 fully saturated rings. The molecule has 1 atom stereocenters. The van der Waals surface area contributed by atoms with E-state index >= 15 is 0 Å². The molecule has 1 rings (SSSR count). The summed E-state index contributed by atoms with van der Waals surface area (Å²) in [7, 11) is 0.